The predicted molar refractivity (Wildman–Crippen MR) is 79.6 cm³/mol. The molecule has 3 nitrogen and oxygen atoms in total. The Balaban J connectivity index is 2.00. The first-order valence-electron chi connectivity index (χ1n) is 7.11. The molecule has 0 aliphatic heterocycles. The molecule has 1 aliphatic carbocycles. The van der Waals surface area contributed by atoms with Crippen LogP contribution in [-0.4, -0.2) is 25.6 Å². The molecule has 1 saturated carbocycles. The van der Waals surface area contributed by atoms with Crippen molar-refractivity contribution in [2.45, 2.75) is 51.5 Å². The molecule has 0 radical (unpaired) electrons. The number of anilines is 1. The molecule has 4 heteroatoms. The molecule has 1 N–H and O–H groups in total. The number of hydrogen-bond acceptors (Lipinski definition) is 4. The van der Waals surface area contributed by atoms with Gasteiger partial charge in [-0.15, -0.1) is 11.3 Å². The Hall–Kier alpha value is -0.610. The van der Waals surface area contributed by atoms with E-state index in [2.05, 4.69) is 24.2 Å². The minimum atomic E-state index is 0.752. The molecule has 1 heterocycles. The molecule has 0 saturated heterocycles. The molecule has 2 rings (SSSR count). The normalized spacial score (nSPS) is 15.1. The summed E-state index contributed by atoms with van der Waals surface area (Å²) < 4.78 is 0. The summed E-state index contributed by atoms with van der Waals surface area (Å²) in [6.07, 6.45) is 6.53. The van der Waals surface area contributed by atoms with Crippen molar-refractivity contribution in [1.82, 2.24) is 10.3 Å². The summed E-state index contributed by atoms with van der Waals surface area (Å²) in [6.45, 7) is 4.34. The standard InChI is InChI=1S/C14H25N3S/c1-4-5-6-9-17(3)14-16-13(11-7-8-11)12(18-14)10-15-2/h11,15H,4-10H2,1-3H3. The van der Waals surface area contributed by atoms with E-state index in [-0.39, 0.29) is 0 Å². The third kappa shape index (κ3) is 3.45. The van der Waals surface area contributed by atoms with Crippen molar-refractivity contribution >= 4 is 16.5 Å². The topological polar surface area (TPSA) is 28.2 Å². The maximum absolute atomic E-state index is 4.87. The predicted octanol–water partition coefficient (Wildman–Crippen LogP) is 3.37. The number of rotatable bonds is 8. The summed E-state index contributed by atoms with van der Waals surface area (Å²) in [5, 5.41) is 4.47. The highest BCUT2D eigenvalue weighted by Crippen LogP contribution is 2.44. The van der Waals surface area contributed by atoms with E-state index in [0.29, 0.717) is 0 Å². The van der Waals surface area contributed by atoms with E-state index in [1.54, 1.807) is 0 Å². The Kier molecular flexibility index (Phi) is 5.01. The van der Waals surface area contributed by atoms with Gasteiger partial charge in [-0.05, 0) is 26.3 Å². The van der Waals surface area contributed by atoms with E-state index in [4.69, 9.17) is 4.98 Å². The van der Waals surface area contributed by atoms with Crippen molar-refractivity contribution in [3.8, 4) is 0 Å². The lowest BCUT2D eigenvalue weighted by Gasteiger charge is -2.14. The van der Waals surface area contributed by atoms with E-state index in [1.165, 1.54) is 47.8 Å². The van der Waals surface area contributed by atoms with Crippen molar-refractivity contribution in [2.24, 2.45) is 0 Å². The summed E-state index contributed by atoms with van der Waals surface area (Å²) in [4.78, 5) is 8.64. The Morgan fingerprint density at radius 2 is 2.17 bits per heavy atom. The van der Waals surface area contributed by atoms with E-state index in [0.717, 1.165) is 19.0 Å². The molecular weight excluding hydrogens is 242 g/mol. The number of nitrogens with zero attached hydrogens (tertiary/aromatic N) is 2. The number of hydrogen-bond donors (Lipinski definition) is 1. The smallest absolute Gasteiger partial charge is 0.185 e. The first kappa shape index (κ1) is 13.8. The van der Waals surface area contributed by atoms with Crippen LogP contribution in [0.1, 0.15) is 55.5 Å². The highest BCUT2D eigenvalue weighted by atomic mass is 32.1. The van der Waals surface area contributed by atoms with Crippen molar-refractivity contribution in [1.29, 1.82) is 0 Å². The van der Waals surface area contributed by atoms with Crippen LogP contribution in [0.3, 0.4) is 0 Å². The van der Waals surface area contributed by atoms with Crippen molar-refractivity contribution < 1.29 is 0 Å². The fraction of sp³-hybridized carbons (Fsp3) is 0.786. The van der Waals surface area contributed by atoms with Gasteiger partial charge < -0.3 is 10.2 Å². The summed E-state index contributed by atoms with van der Waals surface area (Å²) in [7, 11) is 4.19. The molecular formula is C14H25N3S. The van der Waals surface area contributed by atoms with Crippen molar-refractivity contribution in [3.63, 3.8) is 0 Å². The quantitative estimate of drug-likeness (QED) is 0.732. The van der Waals surface area contributed by atoms with Gasteiger partial charge in [0.1, 0.15) is 0 Å². The number of thiazole rings is 1. The number of aromatic nitrogens is 1. The van der Waals surface area contributed by atoms with E-state index in [1.807, 2.05) is 18.4 Å². The molecule has 1 aliphatic rings. The fourth-order valence-corrected chi connectivity index (χ4v) is 3.32. The lowest BCUT2D eigenvalue weighted by atomic mass is 10.2. The average Bonchev–Trinajstić information content (AvgIpc) is 3.12. The SMILES string of the molecule is CCCCCN(C)c1nc(C2CC2)c(CNC)s1. The summed E-state index contributed by atoms with van der Waals surface area (Å²) >= 11 is 1.87. The maximum Gasteiger partial charge on any atom is 0.185 e. The zero-order valence-corrected chi connectivity index (χ0v) is 12.6. The Bertz CT molecular complexity index is 371. The Morgan fingerprint density at radius 3 is 2.78 bits per heavy atom. The zero-order valence-electron chi connectivity index (χ0n) is 11.8. The van der Waals surface area contributed by atoms with Gasteiger partial charge in [-0.1, -0.05) is 19.8 Å². The zero-order chi connectivity index (χ0) is 13.0. The van der Waals surface area contributed by atoms with Crippen LogP contribution < -0.4 is 10.2 Å². The Labute approximate surface area is 115 Å². The third-order valence-electron chi connectivity index (χ3n) is 3.44. The minimum Gasteiger partial charge on any atom is -0.351 e. The molecule has 0 bridgehead atoms. The first-order valence-corrected chi connectivity index (χ1v) is 7.93. The molecule has 1 aromatic rings. The van der Waals surface area contributed by atoms with Crippen LogP contribution in [0.2, 0.25) is 0 Å². The van der Waals surface area contributed by atoms with Crippen LogP contribution in [0.4, 0.5) is 5.13 Å². The fourth-order valence-electron chi connectivity index (χ4n) is 2.17. The molecule has 0 amide bonds. The van der Waals surface area contributed by atoms with Gasteiger partial charge in [-0.25, -0.2) is 4.98 Å². The summed E-state index contributed by atoms with van der Waals surface area (Å²) in [6, 6.07) is 0. The van der Waals surface area contributed by atoms with Crippen molar-refractivity contribution in [2.75, 3.05) is 25.5 Å². The molecule has 18 heavy (non-hydrogen) atoms. The summed E-state index contributed by atoms with van der Waals surface area (Å²) in [5.41, 5.74) is 1.37. The van der Waals surface area contributed by atoms with Gasteiger partial charge in [0, 0.05) is 30.9 Å². The highest BCUT2D eigenvalue weighted by molar-refractivity contribution is 7.15. The van der Waals surface area contributed by atoms with E-state index in [9.17, 15) is 0 Å². The van der Waals surface area contributed by atoms with E-state index >= 15 is 0 Å². The third-order valence-corrected chi connectivity index (χ3v) is 4.63. The first-order chi connectivity index (χ1) is 8.76. The lowest BCUT2D eigenvalue weighted by Crippen LogP contribution is -2.18. The molecule has 0 atom stereocenters. The van der Waals surface area contributed by atoms with Crippen LogP contribution >= 0.6 is 11.3 Å². The monoisotopic (exact) mass is 267 g/mol. The summed E-state index contributed by atoms with van der Waals surface area (Å²) in [5.74, 6) is 0.752. The molecule has 1 aromatic heterocycles. The van der Waals surface area contributed by atoms with Crippen LogP contribution in [0.15, 0.2) is 0 Å². The second-order valence-electron chi connectivity index (χ2n) is 5.24. The van der Waals surface area contributed by atoms with Crippen LogP contribution in [0.5, 0.6) is 0 Å². The van der Waals surface area contributed by atoms with Gasteiger partial charge >= 0.3 is 0 Å². The van der Waals surface area contributed by atoms with Gasteiger partial charge in [0.2, 0.25) is 0 Å². The van der Waals surface area contributed by atoms with Gasteiger partial charge in [-0.3, -0.25) is 0 Å². The second-order valence-corrected chi connectivity index (χ2v) is 6.30. The molecule has 0 unspecified atom stereocenters. The second kappa shape index (κ2) is 6.53. The molecule has 1 fully saturated rings. The van der Waals surface area contributed by atoms with Crippen molar-refractivity contribution in [3.05, 3.63) is 10.6 Å². The van der Waals surface area contributed by atoms with Gasteiger partial charge in [0.25, 0.3) is 0 Å². The average molecular weight is 267 g/mol. The highest BCUT2D eigenvalue weighted by Gasteiger charge is 2.29. The Morgan fingerprint density at radius 1 is 1.39 bits per heavy atom. The molecule has 0 spiro atoms. The van der Waals surface area contributed by atoms with Crippen LogP contribution in [-0.2, 0) is 6.54 Å². The molecule has 0 aromatic carbocycles. The number of nitrogens with one attached hydrogen (secondary N) is 1. The number of unbranched alkanes of at least 4 members (excludes halogenated alkanes) is 2. The van der Waals surface area contributed by atoms with E-state index < -0.39 is 0 Å². The van der Waals surface area contributed by atoms with Crippen LogP contribution in [0, 0.1) is 0 Å². The lowest BCUT2D eigenvalue weighted by molar-refractivity contribution is 0.703. The van der Waals surface area contributed by atoms with Gasteiger partial charge in [0.15, 0.2) is 5.13 Å². The maximum atomic E-state index is 4.87. The minimum absolute atomic E-state index is 0.752. The largest absolute Gasteiger partial charge is 0.351 e. The van der Waals surface area contributed by atoms with Gasteiger partial charge in [0.05, 0.1) is 5.69 Å². The molecule has 102 valence electrons. The van der Waals surface area contributed by atoms with Crippen LogP contribution in [0.25, 0.3) is 0 Å². The van der Waals surface area contributed by atoms with Gasteiger partial charge in [-0.2, -0.15) is 0 Å².